The average molecular weight is 275 g/mol. The Morgan fingerprint density at radius 1 is 1.25 bits per heavy atom. The van der Waals surface area contributed by atoms with Gasteiger partial charge in [0.05, 0.1) is 12.9 Å². The molecule has 1 aromatic carbocycles. The average Bonchev–Trinajstić information content (AvgIpc) is 2.77. The van der Waals surface area contributed by atoms with Gasteiger partial charge in [-0.3, -0.25) is 0 Å². The zero-order chi connectivity index (χ0) is 14.3. The molecule has 7 heteroatoms. The molecule has 0 amide bonds. The number of nitrogens with two attached hydrogens (primary N) is 1. The first-order valence-electron chi connectivity index (χ1n) is 5.93. The summed E-state index contributed by atoms with van der Waals surface area (Å²) in [5, 5.41) is 0. The molecule has 3 rings (SSSR count). The van der Waals surface area contributed by atoms with Crippen molar-refractivity contribution >= 4 is 17.0 Å². The molecule has 2 heterocycles. The Bertz CT molecular complexity index is 797. The highest BCUT2D eigenvalue weighted by Gasteiger charge is 2.12. The van der Waals surface area contributed by atoms with Crippen molar-refractivity contribution in [3.8, 4) is 0 Å². The lowest BCUT2D eigenvalue weighted by atomic mass is 10.2. The van der Waals surface area contributed by atoms with Gasteiger partial charge in [0, 0.05) is 5.56 Å². The van der Waals surface area contributed by atoms with Gasteiger partial charge in [0.2, 0.25) is 0 Å². The fraction of sp³-hybridized carbons (Fsp3) is 0.154. The lowest BCUT2D eigenvalue weighted by Crippen LogP contribution is -2.04. The van der Waals surface area contributed by atoms with E-state index in [2.05, 4.69) is 15.0 Å². The SMILES string of the molecule is Cc1nc(N)c2ncn(Cc3cc(F)ccc3F)c2n1. The number of fused-ring (bicyclic) bond motifs is 1. The molecule has 0 radical (unpaired) electrons. The molecule has 0 aliphatic heterocycles. The van der Waals surface area contributed by atoms with Crippen molar-refractivity contribution in [2.24, 2.45) is 0 Å². The number of rotatable bonds is 2. The standard InChI is InChI=1S/C13H11F2N5/c1-7-18-12(16)11-13(19-7)20(6-17-11)5-8-4-9(14)2-3-10(8)15/h2-4,6H,5H2,1H3,(H2,16,18,19). The molecule has 0 saturated heterocycles. The molecule has 0 aliphatic rings. The Labute approximate surface area is 113 Å². The normalized spacial score (nSPS) is 11.2. The van der Waals surface area contributed by atoms with Gasteiger partial charge in [0.25, 0.3) is 0 Å². The summed E-state index contributed by atoms with van der Waals surface area (Å²) >= 11 is 0. The molecule has 102 valence electrons. The molecular weight excluding hydrogens is 264 g/mol. The quantitative estimate of drug-likeness (QED) is 0.777. The number of aryl methyl sites for hydroxylation is 1. The van der Waals surface area contributed by atoms with E-state index in [1.807, 2.05) is 0 Å². The van der Waals surface area contributed by atoms with E-state index < -0.39 is 11.6 Å². The molecule has 0 aliphatic carbocycles. The number of halogens is 2. The van der Waals surface area contributed by atoms with Crippen LogP contribution in [0, 0.1) is 18.6 Å². The maximum absolute atomic E-state index is 13.7. The summed E-state index contributed by atoms with van der Waals surface area (Å²) in [6.45, 7) is 1.83. The third kappa shape index (κ3) is 2.07. The molecule has 2 N–H and O–H groups in total. The van der Waals surface area contributed by atoms with Crippen LogP contribution < -0.4 is 5.73 Å². The van der Waals surface area contributed by atoms with Crippen LogP contribution in [0.15, 0.2) is 24.5 Å². The summed E-state index contributed by atoms with van der Waals surface area (Å²) in [4.78, 5) is 12.4. The zero-order valence-electron chi connectivity index (χ0n) is 10.6. The van der Waals surface area contributed by atoms with E-state index >= 15 is 0 Å². The number of aromatic nitrogens is 4. The second-order valence-electron chi connectivity index (χ2n) is 4.44. The van der Waals surface area contributed by atoms with Crippen molar-refractivity contribution in [3.63, 3.8) is 0 Å². The van der Waals surface area contributed by atoms with E-state index in [1.165, 1.54) is 6.33 Å². The number of anilines is 1. The second kappa shape index (κ2) is 4.52. The van der Waals surface area contributed by atoms with Crippen LogP contribution in [0.2, 0.25) is 0 Å². The predicted molar refractivity (Wildman–Crippen MR) is 69.9 cm³/mol. The summed E-state index contributed by atoms with van der Waals surface area (Å²) in [5.41, 5.74) is 6.93. The first-order chi connectivity index (χ1) is 9.54. The van der Waals surface area contributed by atoms with Gasteiger partial charge in [-0.1, -0.05) is 0 Å². The highest BCUT2D eigenvalue weighted by Crippen LogP contribution is 2.18. The van der Waals surface area contributed by atoms with Gasteiger partial charge >= 0.3 is 0 Å². The van der Waals surface area contributed by atoms with E-state index in [9.17, 15) is 8.78 Å². The van der Waals surface area contributed by atoms with Crippen LogP contribution in [0.4, 0.5) is 14.6 Å². The van der Waals surface area contributed by atoms with E-state index in [-0.39, 0.29) is 17.9 Å². The van der Waals surface area contributed by atoms with Gasteiger partial charge in [-0.25, -0.2) is 23.7 Å². The molecule has 0 unspecified atom stereocenters. The number of hydrogen-bond donors (Lipinski definition) is 1. The van der Waals surface area contributed by atoms with Crippen LogP contribution >= 0.6 is 0 Å². The molecular formula is C13H11F2N5. The maximum Gasteiger partial charge on any atom is 0.166 e. The van der Waals surface area contributed by atoms with Crippen LogP contribution in [-0.4, -0.2) is 19.5 Å². The van der Waals surface area contributed by atoms with E-state index in [0.717, 1.165) is 18.2 Å². The van der Waals surface area contributed by atoms with Crippen LogP contribution in [0.3, 0.4) is 0 Å². The topological polar surface area (TPSA) is 69.6 Å². The monoisotopic (exact) mass is 275 g/mol. The number of nitrogens with zero attached hydrogens (tertiary/aromatic N) is 4. The number of benzene rings is 1. The predicted octanol–water partition coefficient (Wildman–Crippen LogP) is 2.04. The lowest BCUT2D eigenvalue weighted by molar-refractivity contribution is 0.578. The highest BCUT2D eigenvalue weighted by molar-refractivity contribution is 5.81. The Morgan fingerprint density at radius 2 is 2.05 bits per heavy atom. The van der Waals surface area contributed by atoms with Crippen molar-refractivity contribution in [2.45, 2.75) is 13.5 Å². The first-order valence-corrected chi connectivity index (χ1v) is 5.93. The van der Waals surface area contributed by atoms with E-state index in [1.54, 1.807) is 11.5 Å². The molecule has 0 saturated carbocycles. The summed E-state index contributed by atoms with van der Waals surface area (Å²) in [7, 11) is 0. The molecule has 5 nitrogen and oxygen atoms in total. The third-order valence-electron chi connectivity index (χ3n) is 2.95. The fourth-order valence-electron chi connectivity index (χ4n) is 2.04. The van der Waals surface area contributed by atoms with Crippen molar-refractivity contribution < 1.29 is 8.78 Å². The fourth-order valence-corrected chi connectivity index (χ4v) is 2.04. The molecule has 0 atom stereocenters. The van der Waals surface area contributed by atoms with Crippen LogP contribution in [-0.2, 0) is 6.54 Å². The summed E-state index contributed by atoms with van der Waals surface area (Å²) in [6.07, 6.45) is 1.49. The molecule has 2 aromatic heterocycles. The minimum atomic E-state index is -0.490. The maximum atomic E-state index is 13.7. The Hall–Kier alpha value is -2.57. The smallest absolute Gasteiger partial charge is 0.166 e. The summed E-state index contributed by atoms with van der Waals surface area (Å²) in [5.74, 6) is -0.203. The van der Waals surface area contributed by atoms with Crippen molar-refractivity contribution in [3.05, 3.63) is 47.5 Å². The van der Waals surface area contributed by atoms with Crippen molar-refractivity contribution in [2.75, 3.05) is 5.73 Å². The van der Waals surface area contributed by atoms with Gasteiger partial charge in [0.1, 0.15) is 23.0 Å². The Kier molecular flexibility index (Phi) is 2.81. The largest absolute Gasteiger partial charge is 0.382 e. The minimum Gasteiger partial charge on any atom is -0.382 e. The van der Waals surface area contributed by atoms with Crippen LogP contribution in [0.5, 0.6) is 0 Å². The molecule has 3 aromatic rings. The minimum absolute atomic E-state index is 0.121. The van der Waals surface area contributed by atoms with Gasteiger partial charge in [0.15, 0.2) is 11.5 Å². The molecule has 0 bridgehead atoms. The zero-order valence-corrected chi connectivity index (χ0v) is 10.6. The number of nitrogen functional groups attached to an aromatic ring is 1. The lowest BCUT2D eigenvalue weighted by Gasteiger charge is -2.06. The van der Waals surface area contributed by atoms with Gasteiger partial charge in [-0.05, 0) is 25.1 Å². The van der Waals surface area contributed by atoms with E-state index in [0.29, 0.717) is 17.0 Å². The van der Waals surface area contributed by atoms with Gasteiger partial charge in [-0.2, -0.15) is 0 Å². The number of imidazole rings is 1. The Morgan fingerprint density at radius 3 is 2.85 bits per heavy atom. The summed E-state index contributed by atoms with van der Waals surface area (Å²) in [6, 6.07) is 3.33. The first kappa shape index (κ1) is 12.5. The van der Waals surface area contributed by atoms with Crippen LogP contribution in [0.1, 0.15) is 11.4 Å². The third-order valence-corrected chi connectivity index (χ3v) is 2.95. The van der Waals surface area contributed by atoms with Crippen LogP contribution in [0.25, 0.3) is 11.2 Å². The number of hydrogen-bond acceptors (Lipinski definition) is 4. The molecule has 20 heavy (non-hydrogen) atoms. The van der Waals surface area contributed by atoms with Gasteiger partial charge in [-0.15, -0.1) is 0 Å². The molecule has 0 spiro atoms. The second-order valence-corrected chi connectivity index (χ2v) is 4.44. The van der Waals surface area contributed by atoms with E-state index in [4.69, 9.17) is 5.73 Å². The van der Waals surface area contributed by atoms with Crippen molar-refractivity contribution in [1.82, 2.24) is 19.5 Å². The summed E-state index contributed by atoms with van der Waals surface area (Å²) < 4.78 is 28.5. The highest BCUT2D eigenvalue weighted by atomic mass is 19.1. The van der Waals surface area contributed by atoms with Gasteiger partial charge < -0.3 is 10.3 Å². The van der Waals surface area contributed by atoms with Crippen molar-refractivity contribution in [1.29, 1.82) is 0 Å². The molecule has 0 fully saturated rings. The Balaban J connectivity index is 2.09.